The van der Waals surface area contributed by atoms with Crippen LogP contribution in [0.25, 0.3) is 0 Å². The van der Waals surface area contributed by atoms with Crippen molar-refractivity contribution in [3.05, 3.63) is 28.2 Å². The van der Waals surface area contributed by atoms with E-state index in [4.69, 9.17) is 5.26 Å². The fraction of sp³-hybridized carbons (Fsp3) is 0.533. The van der Waals surface area contributed by atoms with Crippen molar-refractivity contribution in [2.45, 2.75) is 31.2 Å². The van der Waals surface area contributed by atoms with Gasteiger partial charge in [-0.3, -0.25) is 0 Å². The number of nitrogens with one attached hydrogen (secondary N) is 1. The number of nitriles is 1. The number of nitrogens with zero attached hydrogens (tertiary/aromatic N) is 2. The lowest BCUT2D eigenvalue weighted by Gasteiger charge is -2.36. The summed E-state index contributed by atoms with van der Waals surface area (Å²) in [7, 11) is 4.32. The van der Waals surface area contributed by atoms with Gasteiger partial charge in [-0.05, 0) is 45.1 Å². The van der Waals surface area contributed by atoms with Gasteiger partial charge in [-0.15, -0.1) is 0 Å². The number of hydrogen-bond donors (Lipinski definition) is 1. The van der Waals surface area contributed by atoms with Crippen LogP contribution in [0.4, 0.5) is 5.69 Å². The molecule has 19 heavy (non-hydrogen) atoms. The van der Waals surface area contributed by atoms with Crippen LogP contribution in [0, 0.1) is 11.3 Å². The van der Waals surface area contributed by atoms with Crippen molar-refractivity contribution in [2.24, 2.45) is 0 Å². The summed E-state index contributed by atoms with van der Waals surface area (Å²) in [5.74, 6) is 0. The van der Waals surface area contributed by atoms with Gasteiger partial charge in [0.2, 0.25) is 0 Å². The van der Waals surface area contributed by atoms with Crippen LogP contribution in [0.15, 0.2) is 22.7 Å². The van der Waals surface area contributed by atoms with Gasteiger partial charge in [0.05, 0.1) is 11.6 Å². The summed E-state index contributed by atoms with van der Waals surface area (Å²) in [6, 6.07) is 7.96. The highest BCUT2D eigenvalue weighted by molar-refractivity contribution is 9.10. The Morgan fingerprint density at radius 1 is 1.32 bits per heavy atom. The summed E-state index contributed by atoms with van der Waals surface area (Å²) < 4.78 is 0.944. The average molecular weight is 322 g/mol. The second kappa shape index (κ2) is 5.94. The Morgan fingerprint density at radius 3 is 2.58 bits per heavy atom. The fourth-order valence-corrected chi connectivity index (χ4v) is 3.33. The summed E-state index contributed by atoms with van der Waals surface area (Å²) in [5, 5.41) is 12.5. The molecule has 0 spiro atoms. The zero-order valence-electron chi connectivity index (χ0n) is 11.5. The molecule has 0 bridgehead atoms. The van der Waals surface area contributed by atoms with Gasteiger partial charge in [-0.25, -0.2) is 0 Å². The summed E-state index contributed by atoms with van der Waals surface area (Å²) in [6.07, 6.45) is 5.10. The summed E-state index contributed by atoms with van der Waals surface area (Å²) in [6.45, 7) is 0.932. The molecule has 0 saturated heterocycles. The maximum Gasteiger partial charge on any atom is 0.0992 e. The molecule has 0 heterocycles. The van der Waals surface area contributed by atoms with E-state index in [1.807, 2.05) is 18.2 Å². The Morgan fingerprint density at radius 2 is 2.00 bits per heavy atom. The molecule has 0 unspecified atom stereocenters. The number of hydrogen-bond acceptors (Lipinski definition) is 3. The Hall–Kier alpha value is -1.05. The van der Waals surface area contributed by atoms with Crippen molar-refractivity contribution in [1.29, 1.82) is 5.26 Å². The molecule has 0 atom stereocenters. The maximum atomic E-state index is 9.00. The molecule has 1 N–H and O–H groups in total. The molecule has 1 fully saturated rings. The number of rotatable bonds is 4. The highest BCUT2D eigenvalue weighted by Crippen LogP contribution is 2.34. The minimum absolute atomic E-state index is 0.259. The van der Waals surface area contributed by atoms with Crippen molar-refractivity contribution in [1.82, 2.24) is 4.90 Å². The maximum absolute atomic E-state index is 9.00. The predicted molar refractivity (Wildman–Crippen MR) is 82.2 cm³/mol. The minimum atomic E-state index is 0.259. The molecule has 2 rings (SSSR count). The third-order valence-corrected chi connectivity index (χ3v) is 4.59. The molecule has 4 heteroatoms. The third kappa shape index (κ3) is 3.29. The lowest BCUT2D eigenvalue weighted by atomic mass is 9.96. The molecule has 1 aromatic rings. The largest absolute Gasteiger partial charge is 0.383 e. The average Bonchev–Trinajstić information content (AvgIpc) is 2.86. The first-order chi connectivity index (χ1) is 9.05. The number of benzene rings is 1. The van der Waals surface area contributed by atoms with E-state index < -0.39 is 0 Å². The summed E-state index contributed by atoms with van der Waals surface area (Å²) >= 11 is 3.45. The number of anilines is 1. The van der Waals surface area contributed by atoms with Gasteiger partial charge in [0.15, 0.2) is 0 Å². The second-order valence-corrected chi connectivity index (χ2v) is 6.44. The summed E-state index contributed by atoms with van der Waals surface area (Å²) in [5.41, 5.74) is 1.95. The van der Waals surface area contributed by atoms with Crippen molar-refractivity contribution in [3.63, 3.8) is 0 Å². The number of halogens is 1. The van der Waals surface area contributed by atoms with Crippen molar-refractivity contribution >= 4 is 21.6 Å². The molecule has 3 nitrogen and oxygen atoms in total. The van der Waals surface area contributed by atoms with Gasteiger partial charge in [0, 0.05) is 22.2 Å². The van der Waals surface area contributed by atoms with Gasteiger partial charge >= 0.3 is 0 Å². The van der Waals surface area contributed by atoms with E-state index >= 15 is 0 Å². The molecule has 1 aromatic carbocycles. The van der Waals surface area contributed by atoms with Crippen LogP contribution in [-0.4, -0.2) is 31.1 Å². The fourth-order valence-electron chi connectivity index (χ4n) is 2.84. The van der Waals surface area contributed by atoms with E-state index in [9.17, 15) is 0 Å². The second-order valence-electron chi connectivity index (χ2n) is 5.52. The Kier molecular flexibility index (Phi) is 4.49. The van der Waals surface area contributed by atoms with E-state index in [2.05, 4.69) is 46.3 Å². The van der Waals surface area contributed by atoms with Crippen LogP contribution in [0.3, 0.4) is 0 Å². The van der Waals surface area contributed by atoms with Gasteiger partial charge in [-0.2, -0.15) is 5.26 Å². The van der Waals surface area contributed by atoms with Gasteiger partial charge in [0.1, 0.15) is 0 Å². The highest BCUT2D eigenvalue weighted by Gasteiger charge is 2.35. The number of likely N-dealkylation sites (N-methyl/N-ethyl adjacent to an activating group) is 1. The van der Waals surface area contributed by atoms with Crippen LogP contribution >= 0.6 is 15.9 Å². The Balaban J connectivity index is 2.09. The molecule has 1 saturated carbocycles. The highest BCUT2D eigenvalue weighted by atomic mass is 79.9. The molecule has 1 aliphatic carbocycles. The van der Waals surface area contributed by atoms with Crippen LogP contribution in [-0.2, 0) is 0 Å². The van der Waals surface area contributed by atoms with E-state index in [-0.39, 0.29) is 5.54 Å². The van der Waals surface area contributed by atoms with Crippen molar-refractivity contribution in [2.75, 3.05) is 26.0 Å². The molecular weight excluding hydrogens is 302 g/mol. The van der Waals surface area contributed by atoms with Crippen LogP contribution in [0.5, 0.6) is 0 Å². The van der Waals surface area contributed by atoms with E-state index in [0.29, 0.717) is 5.56 Å². The van der Waals surface area contributed by atoms with Gasteiger partial charge in [0.25, 0.3) is 0 Å². The first-order valence-electron chi connectivity index (χ1n) is 6.68. The third-order valence-electron chi connectivity index (χ3n) is 4.13. The molecule has 0 aliphatic heterocycles. The van der Waals surface area contributed by atoms with E-state index in [0.717, 1.165) is 16.7 Å². The minimum Gasteiger partial charge on any atom is -0.383 e. The van der Waals surface area contributed by atoms with Gasteiger partial charge < -0.3 is 10.2 Å². The topological polar surface area (TPSA) is 39.1 Å². The normalized spacial score (nSPS) is 17.4. The zero-order valence-corrected chi connectivity index (χ0v) is 13.1. The molecule has 1 aliphatic rings. The van der Waals surface area contributed by atoms with Crippen molar-refractivity contribution in [3.8, 4) is 6.07 Å². The molecule has 0 amide bonds. The van der Waals surface area contributed by atoms with Crippen molar-refractivity contribution < 1.29 is 0 Å². The molecule has 0 aromatic heterocycles. The van der Waals surface area contributed by atoms with E-state index in [1.165, 1.54) is 25.7 Å². The SMILES string of the molecule is CN(C)C1(CNc2cc(Br)cc(C#N)c2)CCCC1. The van der Waals surface area contributed by atoms with Crippen LogP contribution in [0.2, 0.25) is 0 Å². The quantitative estimate of drug-likeness (QED) is 0.920. The lowest BCUT2D eigenvalue weighted by molar-refractivity contribution is 0.172. The monoisotopic (exact) mass is 321 g/mol. The standard InChI is InChI=1S/C15H20BrN3/c1-19(2)15(5-3-4-6-15)11-18-14-8-12(10-17)7-13(16)9-14/h7-9,18H,3-6,11H2,1-2H3. The van der Waals surface area contributed by atoms with E-state index in [1.54, 1.807) is 0 Å². The first kappa shape index (κ1) is 14.4. The molecule has 0 radical (unpaired) electrons. The molecular formula is C15H20BrN3. The summed E-state index contributed by atoms with van der Waals surface area (Å²) in [4.78, 5) is 2.34. The van der Waals surface area contributed by atoms with Gasteiger partial charge in [-0.1, -0.05) is 28.8 Å². The first-order valence-corrected chi connectivity index (χ1v) is 7.47. The molecule has 102 valence electrons. The predicted octanol–water partition coefficient (Wildman–Crippen LogP) is 3.61. The lowest BCUT2D eigenvalue weighted by Crippen LogP contribution is -2.47. The smallest absolute Gasteiger partial charge is 0.0992 e. The van der Waals surface area contributed by atoms with Crippen LogP contribution in [0.1, 0.15) is 31.2 Å². The van der Waals surface area contributed by atoms with Crippen LogP contribution < -0.4 is 5.32 Å². The Labute approximate surface area is 123 Å². The zero-order chi connectivity index (χ0) is 13.9. The Bertz CT molecular complexity index is 485.